The Labute approximate surface area is 158 Å². The third kappa shape index (κ3) is 5.27. The number of hydrogen-bond donors (Lipinski definition) is 1. The van der Waals surface area contributed by atoms with Gasteiger partial charge in [0.2, 0.25) is 10.0 Å². The molecule has 1 saturated heterocycles. The molecule has 2 aromatic carbocycles. The maximum absolute atomic E-state index is 13.0. The molecule has 27 heavy (non-hydrogen) atoms. The van der Waals surface area contributed by atoms with E-state index in [4.69, 9.17) is 4.74 Å². The largest absolute Gasteiger partial charge is 0.375 e. The fourth-order valence-corrected chi connectivity index (χ4v) is 4.11. The number of halogens is 1. The van der Waals surface area contributed by atoms with Crippen LogP contribution in [-0.4, -0.2) is 45.0 Å². The van der Waals surface area contributed by atoms with E-state index < -0.39 is 15.8 Å². The average molecular weight is 392 g/mol. The molecule has 1 fully saturated rings. The van der Waals surface area contributed by atoms with Crippen molar-refractivity contribution < 1.29 is 22.3 Å². The molecule has 0 aliphatic carbocycles. The van der Waals surface area contributed by atoms with Gasteiger partial charge in [-0.3, -0.25) is 9.52 Å². The van der Waals surface area contributed by atoms with E-state index in [9.17, 15) is 17.6 Å². The number of ether oxygens (including phenoxy) is 1. The molecule has 3 rings (SSSR count). The van der Waals surface area contributed by atoms with Crippen LogP contribution in [0.1, 0.15) is 22.8 Å². The zero-order valence-corrected chi connectivity index (χ0v) is 15.7. The van der Waals surface area contributed by atoms with Gasteiger partial charge in [-0.1, -0.05) is 18.2 Å². The van der Waals surface area contributed by atoms with Gasteiger partial charge in [-0.05, 0) is 42.8 Å². The lowest BCUT2D eigenvalue weighted by Gasteiger charge is -2.31. The third-order valence-corrected chi connectivity index (χ3v) is 5.44. The highest BCUT2D eigenvalue weighted by Crippen LogP contribution is 2.17. The summed E-state index contributed by atoms with van der Waals surface area (Å²) in [6.45, 7) is 3.39. The van der Waals surface area contributed by atoms with E-state index in [2.05, 4.69) is 4.72 Å². The van der Waals surface area contributed by atoms with Crippen LogP contribution in [0.3, 0.4) is 0 Å². The smallest absolute Gasteiger partial charge is 0.254 e. The summed E-state index contributed by atoms with van der Waals surface area (Å²) in [5.74, 6) is -0.871. The molecule has 1 aliphatic heterocycles. The number of nitrogens with one attached hydrogen (secondary N) is 1. The summed E-state index contributed by atoms with van der Waals surface area (Å²) in [4.78, 5) is 14.3. The number of anilines is 1. The number of benzene rings is 2. The first kappa shape index (κ1) is 19.3. The third-order valence-electron chi connectivity index (χ3n) is 4.18. The van der Waals surface area contributed by atoms with Crippen molar-refractivity contribution in [2.24, 2.45) is 0 Å². The number of nitrogens with zero attached hydrogens (tertiary/aromatic N) is 1. The van der Waals surface area contributed by atoms with E-state index >= 15 is 0 Å². The van der Waals surface area contributed by atoms with Gasteiger partial charge < -0.3 is 9.64 Å². The van der Waals surface area contributed by atoms with Gasteiger partial charge in [-0.15, -0.1) is 0 Å². The highest BCUT2D eigenvalue weighted by Gasteiger charge is 2.23. The van der Waals surface area contributed by atoms with Crippen LogP contribution in [-0.2, 0) is 20.5 Å². The van der Waals surface area contributed by atoms with Gasteiger partial charge in [0.1, 0.15) is 5.82 Å². The number of carbonyl (C=O) groups excluding carboxylic acids is 1. The highest BCUT2D eigenvalue weighted by atomic mass is 32.2. The molecule has 1 amide bonds. The lowest BCUT2D eigenvalue weighted by molar-refractivity contribution is -0.0124. The molecule has 0 saturated carbocycles. The van der Waals surface area contributed by atoms with Crippen LogP contribution >= 0.6 is 0 Å². The van der Waals surface area contributed by atoms with Gasteiger partial charge in [0.05, 0.1) is 18.5 Å². The average Bonchev–Trinajstić information content (AvgIpc) is 2.62. The summed E-state index contributed by atoms with van der Waals surface area (Å²) < 4.78 is 45.6. The van der Waals surface area contributed by atoms with E-state index in [-0.39, 0.29) is 17.8 Å². The molecule has 0 aromatic heterocycles. The number of sulfonamides is 1. The molecule has 1 unspecified atom stereocenters. The molecule has 0 spiro atoms. The molecule has 144 valence electrons. The van der Waals surface area contributed by atoms with Gasteiger partial charge in [0, 0.05) is 24.3 Å². The van der Waals surface area contributed by atoms with Crippen LogP contribution in [0, 0.1) is 5.82 Å². The second kappa shape index (κ2) is 8.06. The first-order chi connectivity index (χ1) is 12.8. The Hall–Kier alpha value is -2.45. The lowest BCUT2D eigenvalue weighted by Crippen LogP contribution is -2.44. The Morgan fingerprint density at radius 3 is 2.70 bits per heavy atom. The van der Waals surface area contributed by atoms with Crippen molar-refractivity contribution in [3.63, 3.8) is 0 Å². The second-order valence-electron chi connectivity index (χ2n) is 6.50. The van der Waals surface area contributed by atoms with Crippen molar-refractivity contribution in [1.82, 2.24) is 4.90 Å². The van der Waals surface area contributed by atoms with Gasteiger partial charge in [-0.25, -0.2) is 12.8 Å². The molecule has 1 N–H and O–H groups in total. The predicted octanol–water partition coefficient (Wildman–Crippen LogP) is 2.63. The fourth-order valence-electron chi connectivity index (χ4n) is 2.92. The zero-order valence-electron chi connectivity index (χ0n) is 14.9. The molecule has 2 aromatic rings. The summed E-state index contributed by atoms with van der Waals surface area (Å²) in [7, 11) is -3.69. The number of morpholine rings is 1. The van der Waals surface area contributed by atoms with Crippen LogP contribution in [0.5, 0.6) is 0 Å². The molecule has 1 atom stereocenters. The van der Waals surface area contributed by atoms with E-state index in [1.165, 1.54) is 30.3 Å². The molecule has 8 heteroatoms. The van der Waals surface area contributed by atoms with Crippen LogP contribution in [0.25, 0.3) is 0 Å². The van der Waals surface area contributed by atoms with E-state index in [1.807, 2.05) is 6.92 Å². The number of rotatable bonds is 5. The molecular formula is C19H21FN2O4S. The summed E-state index contributed by atoms with van der Waals surface area (Å²) in [6.07, 6.45) is -0.0277. The minimum absolute atomic E-state index is 0.0277. The van der Waals surface area contributed by atoms with Gasteiger partial charge in [-0.2, -0.15) is 0 Å². The van der Waals surface area contributed by atoms with Gasteiger partial charge >= 0.3 is 0 Å². The van der Waals surface area contributed by atoms with E-state index in [1.54, 1.807) is 23.1 Å². The lowest BCUT2D eigenvalue weighted by atomic mass is 10.1. The van der Waals surface area contributed by atoms with E-state index in [0.29, 0.717) is 36.5 Å². The first-order valence-electron chi connectivity index (χ1n) is 8.58. The predicted molar refractivity (Wildman–Crippen MR) is 100 cm³/mol. The van der Waals surface area contributed by atoms with Crippen molar-refractivity contribution in [2.45, 2.75) is 18.8 Å². The molecule has 1 aliphatic rings. The molecule has 0 bridgehead atoms. The standard InChI is InChI=1S/C19H21FN2O4S/c1-14-12-22(9-10-26-14)19(23)16-3-2-4-18(11-16)21-27(24,25)13-15-5-7-17(20)8-6-15/h2-8,11,14,21H,9-10,12-13H2,1H3. The maximum atomic E-state index is 13.0. The van der Waals surface area contributed by atoms with Crippen molar-refractivity contribution in [1.29, 1.82) is 0 Å². The summed E-state index contributed by atoms with van der Waals surface area (Å²) >= 11 is 0. The van der Waals surface area contributed by atoms with Crippen molar-refractivity contribution in [3.05, 3.63) is 65.5 Å². The van der Waals surface area contributed by atoms with Crippen LogP contribution in [0.4, 0.5) is 10.1 Å². The van der Waals surface area contributed by atoms with Gasteiger partial charge in [0.15, 0.2) is 0 Å². The SMILES string of the molecule is CC1CN(C(=O)c2cccc(NS(=O)(=O)Cc3ccc(F)cc3)c2)CCO1. The molecule has 6 nitrogen and oxygen atoms in total. The van der Waals surface area contributed by atoms with Crippen LogP contribution in [0.15, 0.2) is 48.5 Å². The first-order valence-corrected chi connectivity index (χ1v) is 10.2. The molecule has 0 radical (unpaired) electrons. The summed E-state index contributed by atoms with van der Waals surface area (Å²) in [5.41, 5.74) is 1.19. The topological polar surface area (TPSA) is 75.7 Å². The fraction of sp³-hybridized carbons (Fsp3) is 0.316. The minimum atomic E-state index is -3.69. The molecule has 1 heterocycles. The Morgan fingerprint density at radius 1 is 1.26 bits per heavy atom. The van der Waals surface area contributed by atoms with Crippen LogP contribution < -0.4 is 4.72 Å². The Kier molecular flexibility index (Phi) is 5.76. The number of hydrogen-bond acceptors (Lipinski definition) is 4. The minimum Gasteiger partial charge on any atom is -0.375 e. The number of amides is 1. The van der Waals surface area contributed by atoms with Crippen molar-refractivity contribution in [3.8, 4) is 0 Å². The normalized spacial score (nSPS) is 17.6. The summed E-state index contributed by atoms with van der Waals surface area (Å²) in [6, 6.07) is 11.7. The van der Waals surface area contributed by atoms with Crippen LogP contribution in [0.2, 0.25) is 0 Å². The Bertz CT molecular complexity index is 916. The quantitative estimate of drug-likeness (QED) is 0.849. The second-order valence-corrected chi connectivity index (χ2v) is 8.22. The molecular weight excluding hydrogens is 371 g/mol. The van der Waals surface area contributed by atoms with Crippen molar-refractivity contribution >= 4 is 21.6 Å². The van der Waals surface area contributed by atoms with Crippen molar-refractivity contribution in [2.75, 3.05) is 24.4 Å². The number of carbonyl (C=O) groups is 1. The maximum Gasteiger partial charge on any atom is 0.254 e. The zero-order chi connectivity index (χ0) is 19.4. The van der Waals surface area contributed by atoms with Gasteiger partial charge in [0.25, 0.3) is 5.91 Å². The Morgan fingerprint density at radius 2 is 2.00 bits per heavy atom. The monoisotopic (exact) mass is 392 g/mol. The Balaban J connectivity index is 1.71. The van der Waals surface area contributed by atoms with E-state index in [0.717, 1.165) is 0 Å². The summed E-state index contributed by atoms with van der Waals surface area (Å²) in [5, 5.41) is 0. The highest BCUT2D eigenvalue weighted by molar-refractivity contribution is 7.91.